The van der Waals surface area contributed by atoms with Crippen LogP contribution in [0.1, 0.15) is 6.92 Å². The van der Waals surface area contributed by atoms with Crippen LogP contribution in [0.15, 0.2) is 23.1 Å². The Morgan fingerprint density at radius 2 is 1.95 bits per heavy atom. The third kappa shape index (κ3) is 2.96. The summed E-state index contributed by atoms with van der Waals surface area (Å²) in [6.07, 6.45) is 0. The number of aliphatic carboxylic acids is 1. The largest absolute Gasteiger partial charge is 0.548 e. The van der Waals surface area contributed by atoms with E-state index in [-0.39, 0.29) is 4.90 Å². The first kappa shape index (κ1) is 13.6. The molecule has 0 fully saturated rings. The van der Waals surface area contributed by atoms with Gasteiger partial charge in [-0.2, -0.15) is 0 Å². The van der Waals surface area contributed by atoms with Gasteiger partial charge in [0.05, 0.1) is 16.9 Å². The second-order valence-corrected chi connectivity index (χ2v) is 5.68. The minimum Gasteiger partial charge on any atom is -0.548 e. The van der Waals surface area contributed by atoms with Crippen LogP contribution in [-0.2, 0) is 14.8 Å². The number of nitrogens with one attached hydrogen (secondary N) is 1. The predicted octanol–water partition coefficient (Wildman–Crippen LogP) is -1.13. The van der Waals surface area contributed by atoms with E-state index in [2.05, 4.69) is 0 Å². The normalized spacial score (nSPS) is 15.8. The van der Waals surface area contributed by atoms with Crippen LogP contribution in [0, 0.1) is 0 Å². The van der Waals surface area contributed by atoms with E-state index in [1.807, 2.05) is 4.72 Å². The third-order valence-corrected chi connectivity index (χ3v) is 4.05. The number of carboxylic acids is 1. The summed E-state index contributed by atoms with van der Waals surface area (Å²) in [5, 5.41) is 10.6. The highest BCUT2D eigenvalue weighted by atomic mass is 32.2. The highest BCUT2D eigenvalue weighted by molar-refractivity contribution is 7.89. The molecule has 1 atom stereocenters. The van der Waals surface area contributed by atoms with E-state index >= 15 is 0 Å². The molecule has 19 heavy (non-hydrogen) atoms. The van der Waals surface area contributed by atoms with Crippen LogP contribution < -0.4 is 19.3 Å². The number of ether oxygens (including phenoxy) is 2. The van der Waals surface area contributed by atoms with Crippen molar-refractivity contribution in [2.45, 2.75) is 17.9 Å². The Hall–Kier alpha value is -1.80. The zero-order chi connectivity index (χ0) is 14.0. The van der Waals surface area contributed by atoms with E-state index in [1.54, 1.807) is 0 Å². The number of hydrogen-bond donors (Lipinski definition) is 1. The molecule has 7 nitrogen and oxygen atoms in total. The fourth-order valence-electron chi connectivity index (χ4n) is 1.54. The van der Waals surface area contributed by atoms with Crippen LogP contribution in [-0.4, -0.2) is 33.6 Å². The summed E-state index contributed by atoms with van der Waals surface area (Å²) >= 11 is 0. The summed E-state index contributed by atoms with van der Waals surface area (Å²) in [5.41, 5.74) is 0. The van der Waals surface area contributed by atoms with Crippen molar-refractivity contribution in [2.75, 3.05) is 13.2 Å². The summed E-state index contributed by atoms with van der Waals surface area (Å²) in [6.45, 7) is 1.92. The van der Waals surface area contributed by atoms with Crippen molar-refractivity contribution >= 4 is 16.0 Å². The molecule has 0 saturated carbocycles. The van der Waals surface area contributed by atoms with Crippen molar-refractivity contribution in [3.63, 3.8) is 0 Å². The molecule has 0 bridgehead atoms. The lowest BCUT2D eigenvalue weighted by Crippen LogP contribution is -2.45. The van der Waals surface area contributed by atoms with Gasteiger partial charge < -0.3 is 19.4 Å². The molecule has 1 aliphatic rings. The first-order valence-corrected chi connectivity index (χ1v) is 7.01. The van der Waals surface area contributed by atoms with Gasteiger partial charge in [-0.1, -0.05) is 0 Å². The van der Waals surface area contributed by atoms with Crippen molar-refractivity contribution in [3.8, 4) is 11.5 Å². The molecule has 8 heteroatoms. The number of rotatable bonds is 4. The Labute approximate surface area is 110 Å². The van der Waals surface area contributed by atoms with Gasteiger partial charge in [-0.25, -0.2) is 13.1 Å². The molecule has 0 spiro atoms. The minimum atomic E-state index is -3.94. The zero-order valence-electron chi connectivity index (χ0n) is 10.1. The monoisotopic (exact) mass is 286 g/mol. The summed E-state index contributed by atoms with van der Waals surface area (Å²) in [4.78, 5) is 10.5. The third-order valence-electron chi connectivity index (χ3n) is 2.51. The van der Waals surface area contributed by atoms with Crippen molar-refractivity contribution in [1.82, 2.24) is 4.72 Å². The standard InChI is InChI=1S/C11H13NO6S/c1-7(11(13)14)12-19(15,16)8-2-3-9-10(6-8)18-5-4-17-9/h2-3,6-7,12H,4-5H2,1H3,(H,13,14)/p-1/t7-/m1/s1. The molecule has 0 unspecified atom stereocenters. The molecular formula is C11H12NO6S-. The number of carbonyl (C=O) groups is 1. The van der Waals surface area contributed by atoms with Gasteiger partial charge in [0.15, 0.2) is 11.5 Å². The van der Waals surface area contributed by atoms with Gasteiger partial charge in [0.25, 0.3) is 0 Å². The van der Waals surface area contributed by atoms with Crippen LogP contribution >= 0.6 is 0 Å². The number of sulfonamides is 1. The molecule has 1 aliphatic heterocycles. The van der Waals surface area contributed by atoms with Crippen LogP contribution in [0.25, 0.3) is 0 Å². The number of carboxylic acid groups (broad SMARTS) is 1. The van der Waals surface area contributed by atoms with Crippen molar-refractivity contribution in [3.05, 3.63) is 18.2 Å². The fraction of sp³-hybridized carbons (Fsp3) is 0.364. The molecule has 0 amide bonds. The summed E-state index contributed by atoms with van der Waals surface area (Å²) in [7, 11) is -3.94. The van der Waals surface area contributed by atoms with Crippen molar-refractivity contribution in [2.24, 2.45) is 0 Å². The summed E-state index contributed by atoms with van der Waals surface area (Å²) in [5.74, 6) is -0.727. The van der Waals surface area contributed by atoms with Crippen LogP contribution in [0.5, 0.6) is 11.5 Å². The highest BCUT2D eigenvalue weighted by Gasteiger charge is 2.21. The molecule has 1 N–H and O–H groups in total. The average molecular weight is 286 g/mol. The number of carbonyl (C=O) groups excluding carboxylic acids is 1. The Bertz CT molecular complexity index is 597. The summed E-state index contributed by atoms with van der Waals surface area (Å²) in [6, 6.07) is 2.75. The molecule has 2 rings (SSSR count). The second kappa shape index (κ2) is 5.06. The van der Waals surface area contributed by atoms with E-state index in [0.717, 1.165) is 0 Å². The first-order chi connectivity index (χ1) is 8.90. The Morgan fingerprint density at radius 3 is 2.58 bits per heavy atom. The highest BCUT2D eigenvalue weighted by Crippen LogP contribution is 2.32. The van der Waals surface area contributed by atoms with Gasteiger partial charge in [-0.15, -0.1) is 0 Å². The quantitative estimate of drug-likeness (QED) is 0.751. The maximum absolute atomic E-state index is 11.9. The molecular weight excluding hydrogens is 274 g/mol. The molecule has 104 valence electrons. The predicted molar refractivity (Wildman–Crippen MR) is 62.2 cm³/mol. The Balaban J connectivity index is 2.28. The van der Waals surface area contributed by atoms with Crippen LogP contribution in [0.3, 0.4) is 0 Å². The SMILES string of the molecule is C[C@@H](NS(=O)(=O)c1ccc2c(c1)OCCO2)C(=O)[O-]. The van der Waals surface area contributed by atoms with Gasteiger partial charge >= 0.3 is 0 Å². The van der Waals surface area contributed by atoms with Crippen molar-refractivity contribution in [1.29, 1.82) is 0 Å². The lowest BCUT2D eigenvalue weighted by Gasteiger charge is -2.20. The van der Waals surface area contributed by atoms with Crippen molar-refractivity contribution < 1.29 is 27.8 Å². The second-order valence-electron chi connectivity index (χ2n) is 3.97. The minimum absolute atomic E-state index is 0.0927. The summed E-state index contributed by atoms with van der Waals surface area (Å²) < 4.78 is 36.4. The number of hydrogen-bond acceptors (Lipinski definition) is 6. The Morgan fingerprint density at radius 1 is 1.32 bits per heavy atom. The smallest absolute Gasteiger partial charge is 0.241 e. The maximum Gasteiger partial charge on any atom is 0.241 e. The van der Waals surface area contributed by atoms with Gasteiger partial charge in [0.2, 0.25) is 10.0 Å². The van der Waals surface area contributed by atoms with E-state index < -0.39 is 22.0 Å². The molecule has 1 aromatic carbocycles. The van der Waals surface area contributed by atoms with Crippen LogP contribution in [0.4, 0.5) is 0 Å². The lowest BCUT2D eigenvalue weighted by molar-refractivity contribution is -0.307. The molecule has 0 saturated heterocycles. The van der Waals surface area contributed by atoms with E-state index in [0.29, 0.717) is 24.7 Å². The molecule has 0 aromatic heterocycles. The van der Waals surface area contributed by atoms with E-state index in [9.17, 15) is 18.3 Å². The van der Waals surface area contributed by atoms with Gasteiger partial charge in [-0.3, -0.25) is 0 Å². The number of fused-ring (bicyclic) bond motifs is 1. The first-order valence-electron chi connectivity index (χ1n) is 5.53. The number of benzene rings is 1. The molecule has 1 heterocycles. The maximum atomic E-state index is 11.9. The fourth-order valence-corrected chi connectivity index (χ4v) is 2.75. The molecule has 0 aliphatic carbocycles. The Kier molecular flexibility index (Phi) is 3.63. The molecule has 0 radical (unpaired) electrons. The van der Waals surface area contributed by atoms with E-state index in [4.69, 9.17) is 9.47 Å². The van der Waals surface area contributed by atoms with Crippen LogP contribution in [0.2, 0.25) is 0 Å². The average Bonchev–Trinajstić information content (AvgIpc) is 2.37. The van der Waals surface area contributed by atoms with Gasteiger partial charge in [0.1, 0.15) is 13.2 Å². The topological polar surface area (TPSA) is 105 Å². The van der Waals surface area contributed by atoms with Gasteiger partial charge in [-0.05, 0) is 19.1 Å². The van der Waals surface area contributed by atoms with E-state index in [1.165, 1.54) is 25.1 Å². The molecule has 1 aromatic rings. The lowest BCUT2D eigenvalue weighted by atomic mass is 10.3. The van der Waals surface area contributed by atoms with Gasteiger partial charge in [0, 0.05) is 6.07 Å². The zero-order valence-corrected chi connectivity index (χ0v) is 10.9.